The topological polar surface area (TPSA) is 37.3 Å². The van der Waals surface area contributed by atoms with Crippen molar-refractivity contribution >= 4 is 27.5 Å². The lowest BCUT2D eigenvalue weighted by molar-refractivity contribution is -0.141. The SMILES string of the molecule is O=C(O)C(CCc1ccc2ccccc2c1)Cc1ccc2ccccc2c1. The molecular formula is C25H22O2. The normalized spacial score (nSPS) is 12.3. The highest BCUT2D eigenvalue weighted by Crippen LogP contribution is 2.22. The predicted molar refractivity (Wildman–Crippen MR) is 111 cm³/mol. The van der Waals surface area contributed by atoms with Crippen molar-refractivity contribution in [3.05, 3.63) is 96.1 Å². The number of aliphatic carboxylic acids is 1. The molecule has 1 unspecified atom stereocenters. The van der Waals surface area contributed by atoms with Gasteiger partial charge in [-0.2, -0.15) is 0 Å². The maximum Gasteiger partial charge on any atom is 0.306 e. The molecule has 0 radical (unpaired) electrons. The van der Waals surface area contributed by atoms with Gasteiger partial charge in [-0.25, -0.2) is 0 Å². The van der Waals surface area contributed by atoms with Crippen LogP contribution in [0.4, 0.5) is 0 Å². The second kappa shape index (κ2) is 7.63. The third kappa shape index (κ3) is 4.01. The van der Waals surface area contributed by atoms with Crippen LogP contribution in [0.1, 0.15) is 17.5 Å². The Kier molecular flexibility index (Phi) is 4.88. The smallest absolute Gasteiger partial charge is 0.306 e. The van der Waals surface area contributed by atoms with Gasteiger partial charge in [-0.05, 0) is 51.9 Å². The Bertz CT molecular complexity index is 1100. The highest BCUT2D eigenvalue weighted by molar-refractivity contribution is 5.84. The first-order valence-electron chi connectivity index (χ1n) is 9.37. The third-order valence-corrected chi connectivity index (χ3v) is 5.24. The zero-order valence-electron chi connectivity index (χ0n) is 15.1. The summed E-state index contributed by atoms with van der Waals surface area (Å²) in [5.41, 5.74) is 2.28. The summed E-state index contributed by atoms with van der Waals surface area (Å²) in [5, 5.41) is 14.5. The van der Waals surface area contributed by atoms with Crippen LogP contribution in [-0.4, -0.2) is 11.1 Å². The molecule has 0 bridgehead atoms. The Morgan fingerprint density at radius 3 is 1.81 bits per heavy atom. The zero-order chi connectivity index (χ0) is 18.6. The average molecular weight is 354 g/mol. The van der Waals surface area contributed by atoms with Gasteiger partial charge in [-0.1, -0.05) is 84.9 Å². The number of carboxylic acids is 1. The highest BCUT2D eigenvalue weighted by Gasteiger charge is 2.18. The van der Waals surface area contributed by atoms with Crippen molar-refractivity contribution in [3.8, 4) is 0 Å². The third-order valence-electron chi connectivity index (χ3n) is 5.24. The first-order valence-corrected chi connectivity index (χ1v) is 9.37. The molecule has 0 heterocycles. The van der Waals surface area contributed by atoms with Gasteiger partial charge in [-0.15, -0.1) is 0 Å². The van der Waals surface area contributed by atoms with Gasteiger partial charge in [0.25, 0.3) is 0 Å². The molecule has 1 N–H and O–H groups in total. The molecular weight excluding hydrogens is 332 g/mol. The van der Waals surface area contributed by atoms with Gasteiger partial charge in [0.15, 0.2) is 0 Å². The molecule has 134 valence electrons. The van der Waals surface area contributed by atoms with E-state index >= 15 is 0 Å². The Balaban J connectivity index is 1.49. The van der Waals surface area contributed by atoms with Gasteiger partial charge in [0.2, 0.25) is 0 Å². The quantitative estimate of drug-likeness (QED) is 0.470. The van der Waals surface area contributed by atoms with Gasteiger partial charge >= 0.3 is 5.97 Å². The monoisotopic (exact) mass is 354 g/mol. The number of hydrogen-bond donors (Lipinski definition) is 1. The highest BCUT2D eigenvalue weighted by atomic mass is 16.4. The Hall–Kier alpha value is -3.13. The van der Waals surface area contributed by atoms with Crippen molar-refractivity contribution < 1.29 is 9.90 Å². The summed E-state index contributed by atoms with van der Waals surface area (Å²) in [6.07, 6.45) is 1.98. The Morgan fingerprint density at radius 2 is 1.22 bits per heavy atom. The molecule has 4 rings (SSSR count). The summed E-state index contributed by atoms with van der Waals surface area (Å²) in [6.45, 7) is 0. The molecule has 0 aliphatic heterocycles. The molecule has 0 aliphatic rings. The first kappa shape index (κ1) is 17.3. The molecule has 1 atom stereocenters. The van der Waals surface area contributed by atoms with Gasteiger partial charge in [-0.3, -0.25) is 4.79 Å². The first-order chi connectivity index (χ1) is 13.2. The Morgan fingerprint density at radius 1 is 0.704 bits per heavy atom. The summed E-state index contributed by atoms with van der Waals surface area (Å²) >= 11 is 0. The van der Waals surface area contributed by atoms with E-state index in [1.165, 1.54) is 21.7 Å². The number of carbonyl (C=O) groups is 1. The summed E-state index contributed by atoms with van der Waals surface area (Å²) in [4.78, 5) is 11.8. The molecule has 4 aromatic carbocycles. The maximum atomic E-state index is 11.8. The van der Waals surface area contributed by atoms with Gasteiger partial charge in [0.05, 0.1) is 5.92 Å². The van der Waals surface area contributed by atoms with Crippen LogP contribution in [0, 0.1) is 5.92 Å². The molecule has 0 saturated carbocycles. The minimum Gasteiger partial charge on any atom is -0.481 e. The van der Waals surface area contributed by atoms with Crippen molar-refractivity contribution in [1.29, 1.82) is 0 Å². The van der Waals surface area contributed by atoms with E-state index in [1.807, 2.05) is 30.3 Å². The van der Waals surface area contributed by atoms with E-state index in [2.05, 4.69) is 54.6 Å². The summed E-state index contributed by atoms with van der Waals surface area (Å²) < 4.78 is 0. The maximum absolute atomic E-state index is 11.8. The largest absolute Gasteiger partial charge is 0.481 e. The lowest BCUT2D eigenvalue weighted by Crippen LogP contribution is -2.17. The van der Waals surface area contributed by atoms with Crippen LogP contribution in [0.25, 0.3) is 21.5 Å². The van der Waals surface area contributed by atoms with Crippen molar-refractivity contribution in [2.45, 2.75) is 19.3 Å². The number of rotatable bonds is 6. The minimum atomic E-state index is -0.719. The molecule has 2 nitrogen and oxygen atoms in total. The van der Waals surface area contributed by atoms with E-state index in [1.54, 1.807) is 0 Å². The van der Waals surface area contributed by atoms with Crippen LogP contribution < -0.4 is 0 Å². The van der Waals surface area contributed by atoms with Crippen LogP contribution in [0.15, 0.2) is 84.9 Å². The van der Waals surface area contributed by atoms with Crippen LogP contribution >= 0.6 is 0 Å². The minimum absolute atomic E-state index is 0.377. The second-order valence-electron chi connectivity index (χ2n) is 7.14. The van der Waals surface area contributed by atoms with Crippen LogP contribution in [0.3, 0.4) is 0 Å². The summed E-state index contributed by atoms with van der Waals surface area (Å²) in [5.74, 6) is -1.10. The molecule has 0 aromatic heterocycles. The summed E-state index contributed by atoms with van der Waals surface area (Å²) in [7, 11) is 0. The Labute approximate surface area is 159 Å². The molecule has 0 fully saturated rings. The van der Waals surface area contributed by atoms with Crippen molar-refractivity contribution in [2.24, 2.45) is 5.92 Å². The van der Waals surface area contributed by atoms with Crippen LogP contribution in [0.2, 0.25) is 0 Å². The van der Waals surface area contributed by atoms with Crippen molar-refractivity contribution in [1.82, 2.24) is 0 Å². The van der Waals surface area contributed by atoms with Crippen molar-refractivity contribution in [2.75, 3.05) is 0 Å². The molecule has 27 heavy (non-hydrogen) atoms. The van der Waals surface area contributed by atoms with Crippen LogP contribution in [-0.2, 0) is 17.6 Å². The van der Waals surface area contributed by atoms with E-state index in [0.29, 0.717) is 12.8 Å². The lowest BCUT2D eigenvalue weighted by atomic mass is 9.91. The number of carboxylic acid groups (broad SMARTS) is 1. The molecule has 0 aliphatic carbocycles. The fourth-order valence-electron chi connectivity index (χ4n) is 3.70. The molecule has 0 amide bonds. The molecule has 2 heteroatoms. The second-order valence-corrected chi connectivity index (χ2v) is 7.14. The molecule has 4 aromatic rings. The number of aryl methyl sites for hydroxylation is 1. The standard InChI is InChI=1S/C25H22O2/c26-25(27)24(17-19-11-13-21-6-2-4-8-23(21)16-19)14-10-18-9-12-20-5-1-3-7-22(20)15-18/h1-9,11-13,15-16,24H,10,14,17H2,(H,26,27). The van der Waals surface area contributed by atoms with E-state index in [-0.39, 0.29) is 5.92 Å². The van der Waals surface area contributed by atoms with E-state index < -0.39 is 5.97 Å². The average Bonchev–Trinajstić information content (AvgIpc) is 2.70. The number of hydrogen-bond acceptors (Lipinski definition) is 1. The van der Waals surface area contributed by atoms with E-state index in [4.69, 9.17) is 0 Å². The number of fused-ring (bicyclic) bond motifs is 2. The fraction of sp³-hybridized carbons (Fsp3) is 0.160. The van der Waals surface area contributed by atoms with Crippen LogP contribution in [0.5, 0.6) is 0 Å². The zero-order valence-corrected chi connectivity index (χ0v) is 15.1. The van der Waals surface area contributed by atoms with Gasteiger partial charge < -0.3 is 5.11 Å². The summed E-state index contributed by atoms with van der Waals surface area (Å²) in [6, 6.07) is 29.1. The fourth-order valence-corrected chi connectivity index (χ4v) is 3.70. The number of benzene rings is 4. The molecule has 0 saturated heterocycles. The van der Waals surface area contributed by atoms with Gasteiger partial charge in [0, 0.05) is 0 Å². The van der Waals surface area contributed by atoms with E-state index in [9.17, 15) is 9.90 Å². The van der Waals surface area contributed by atoms with Crippen molar-refractivity contribution in [3.63, 3.8) is 0 Å². The lowest BCUT2D eigenvalue weighted by Gasteiger charge is -2.13. The molecule has 0 spiro atoms. The van der Waals surface area contributed by atoms with Gasteiger partial charge in [0.1, 0.15) is 0 Å². The van der Waals surface area contributed by atoms with E-state index in [0.717, 1.165) is 17.4 Å². The predicted octanol–water partition coefficient (Wildman–Crippen LogP) is 5.87.